The molecule has 0 aliphatic heterocycles. The summed E-state index contributed by atoms with van der Waals surface area (Å²) in [6, 6.07) is 1.82. The van der Waals surface area contributed by atoms with Crippen molar-refractivity contribution in [3.63, 3.8) is 0 Å². The molecule has 0 bridgehead atoms. The maximum absolute atomic E-state index is 13.8. The molecule has 1 saturated carbocycles. The van der Waals surface area contributed by atoms with Crippen molar-refractivity contribution in [1.29, 1.82) is 0 Å². The molecule has 1 fully saturated rings. The van der Waals surface area contributed by atoms with Crippen molar-refractivity contribution in [2.24, 2.45) is 17.6 Å². The molecule has 5 rings (SSSR count). The van der Waals surface area contributed by atoms with Gasteiger partial charge in [-0.2, -0.15) is 0 Å². The van der Waals surface area contributed by atoms with E-state index in [2.05, 4.69) is 9.97 Å². The van der Waals surface area contributed by atoms with E-state index in [-0.39, 0.29) is 35.7 Å². The lowest BCUT2D eigenvalue weighted by Gasteiger charge is -2.50. The number of phenols is 1. The Morgan fingerprint density at radius 1 is 1.14 bits per heavy atom. The molecule has 2 aromatic rings. The van der Waals surface area contributed by atoms with Gasteiger partial charge in [0.05, 0.1) is 11.6 Å². The van der Waals surface area contributed by atoms with Crippen molar-refractivity contribution < 1.29 is 34.8 Å². The van der Waals surface area contributed by atoms with Crippen LogP contribution in [0.15, 0.2) is 41.4 Å². The van der Waals surface area contributed by atoms with Gasteiger partial charge in [-0.15, -0.1) is 0 Å². The monoisotopic (exact) mass is 507 g/mol. The Bertz CT molecular complexity index is 1450. The average Bonchev–Trinajstić information content (AvgIpc) is 2.82. The minimum absolute atomic E-state index is 0.000897. The molecule has 1 amide bonds. The summed E-state index contributed by atoms with van der Waals surface area (Å²) in [6.45, 7) is 0. The number of amides is 1. The van der Waals surface area contributed by atoms with Crippen LogP contribution in [0.3, 0.4) is 0 Å². The van der Waals surface area contributed by atoms with Crippen molar-refractivity contribution in [3.8, 4) is 16.9 Å². The largest absolute Gasteiger partial charge is 0.508 e. The van der Waals surface area contributed by atoms with Gasteiger partial charge in [-0.3, -0.25) is 19.3 Å². The first-order valence-electron chi connectivity index (χ1n) is 11.5. The number of aromatic nitrogens is 2. The van der Waals surface area contributed by atoms with Crippen LogP contribution in [-0.2, 0) is 20.8 Å². The molecular weight excluding hydrogens is 482 g/mol. The fourth-order valence-electron chi connectivity index (χ4n) is 5.99. The summed E-state index contributed by atoms with van der Waals surface area (Å²) in [5.74, 6) is -6.90. The Balaban J connectivity index is 1.74. The molecule has 12 nitrogen and oxygen atoms in total. The number of likely N-dealkylation sites (N-methyl/N-ethyl adjacent to an activating group) is 1. The topological polar surface area (TPSA) is 213 Å². The van der Waals surface area contributed by atoms with Gasteiger partial charge in [-0.1, -0.05) is 6.07 Å². The third kappa shape index (κ3) is 3.26. The first kappa shape index (κ1) is 24.4. The number of ketones is 2. The summed E-state index contributed by atoms with van der Waals surface area (Å²) in [5, 5.41) is 44.4. The first-order chi connectivity index (χ1) is 17.4. The molecule has 0 radical (unpaired) electrons. The van der Waals surface area contributed by atoms with Gasteiger partial charge in [-0.25, -0.2) is 9.97 Å². The highest BCUT2D eigenvalue weighted by molar-refractivity contribution is 6.24. The molecule has 8 N–H and O–H groups in total. The lowest BCUT2D eigenvalue weighted by molar-refractivity contribution is -0.153. The number of nitrogens with zero attached hydrogens (tertiary/aromatic N) is 3. The zero-order valence-electron chi connectivity index (χ0n) is 20.0. The zero-order chi connectivity index (χ0) is 27.0. The van der Waals surface area contributed by atoms with Crippen LogP contribution in [0.5, 0.6) is 5.75 Å². The third-order valence-corrected chi connectivity index (χ3v) is 7.59. The SMILES string of the molecule is CN(C)[C@@H]1C(=O)C(C(N)=O)=C(O)[C@@]2(O)C(=O)C3=C(O)c4c(O)ccc(-c5cnc(N)nc5)c4C[C@H]3C[C@@H]12. The number of Topliss-reactive ketones (excluding diaryl/α,β-unsaturated/α-hetero) is 2. The number of fused-ring (bicyclic) bond motifs is 3. The van der Waals surface area contributed by atoms with Crippen molar-refractivity contribution in [1.82, 2.24) is 14.9 Å². The summed E-state index contributed by atoms with van der Waals surface area (Å²) in [4.78, 5) is 48.5. The molecule has 12 heteroatoms. The van der Waals surface area contributed by atoms with Gasteiger partial charge in [0, 0.05) is 29.4 Å². The van der Waals surface area contributed by atoms with E-state index in [1.54, 1.807) is 20.2 Å². The number of rotatable bonds is 3. The number of hydrogen-bond acceptors (Lipinski definition) is 11. The number of hydrogen-bond donors (Lipinski definition) is 6. The molecule has 1 aromatic carbocycles. The second-order valence-corrected chi connectivity index (χ2v) is 9.78. The highest BCUT2D eigenvalue weighted by Crippen LogP contribution is 2.53. The molecule has 1 heterocycles. The van der Waals surface area contributed by atoms with Crippen LogP contribution in [-0.4, -0.2) is 78.5 Å². The van der Waals surface area contributed by atoms with Gasteiger partial charge < -0.3 is 31.9 Å². The number of aliphatic hydroxyl groups excluding tert-OH is 2. The highest BCUT2D eigenvalue weighted by Gasteiger charge is 2.64. The number of nitrogens with two attached hydrogens (primary N) is 2. The maximum atomic E-state index is 13.8. The van der Waals surface area contributed by atoms with Gasteiger partial charge in [0.15, 0.2) is 11.4 Å². The van der Waals surface area contributed by atoms with Gasteiger partial charge in [0.1, 0.15) is 22.8 Å². The number of phenolic OH excluding ortho intramolecular Hbond substituents is 1. The maximum Gasteiger partial charge on any atom is 0.255 e. The molecule has 0 spiro atoms. The summed E-state index contributed by atoms with van der Waals surface area (Å²) < 4.78 is 0. The van der Waals surface area contributed by atoms with Crippen LogP contribution in [0.25, 0.3) is 16.9 Å². The molecule has 3 aliphatic carbocycles. The number of nitrogen functional groups attached to an aromatic ring is 1. The number of aromatic hydroxyl groups is 1. The molecule has 4 atom stereocenters. The predicted octanol–water partition coefficient (Wildman–Crippen LogP) is 0.00320. The first-order valence-corrected chi connectivity index (χ1v) is 11.5. The Hall–Kier alpha value is -4.29. The van der Waals surface area contributed by atoms with Crippen molar-refractivity contribution >= 4 is 29.2 Å². The lowest BCUT2D eigenvalue weighted by Crippen LogP contribution is -2.65. The second kappa shape index (κ2) is 8.11. The smallest absolute Gasteiger partial charge is 0.255 e. The molecule has 192 valence electrons. The standard InChI is InChI=1S/C25H25N5O7/c1-30(2)18-13-6-9-5-12-11(10-7-28-24(27)29-8-10)3-4-14(31)16(12)19(32)15(9)21(34)25(13,37)22(35)17(20(18)33)23(26)36/h3-4,7-9,13,18,31-32,35,37H,5-6H2,1-2H3,(H2,26,36)(H2,27,28,29)/t9-,13-,18-,25-/m0/s1. The molecule has 3 aliphatic rings. The molecule has 0 unspecified atom stereocenters. The summed E-state index contributed by atoms with van der Waals surface area (Å²) in [5.41, 5.74) is 8.84. The Morgan fingerprint density at radius 2 is 1.78 bits per heavy atom. The number of primary amides is 1. The van der Waals surface area contributed by atoms with Crippen LogP contribution in [0.2, 0.25) is 0 Å². The Labute approximate surface area is 210 Å². The zero-order valence-corrected chi connectivity index (χ0v) is 20.0. The van der Waals surface area contributed by atoms with Crippen LogP contribution in [0.4, 0.5) is 5.95 Å². The van der Waals surface area contributed by atoms with Crippen molar-refractivity contribution in [2.45, 2.75) is 24.5 Å². The molecule has 1 aromatic heterocycles. The van der Waals surface area contributed by atoms with Crippen LogP contribution >= 0.6 is 0 Å². The normalized spacial score (nSPS) is 27.2. The number of carbonyl (C=O) groups excluding carboxylic acids is 3. The average molecular weight is 508 g/mol. The quantitative estimate of drug-likeness (QED) is 0.304. The summed E-state index contributed by atoms with van der Waals surface area (Å²) in [7, 11) is 3.09. The van der Waals surface area contributed by atoms with E-state index < -0.39 is 58.0 Å². The number of benzene rings is 1. The van der Waals surface area contributed by atoms with E-state index in [1.807, 2.05) is 0 Å². The van der Waals surface area contributed by atoms with E-state index in [0.29, 0.717) is 16.7 Å². The fourth-order valence-corrected chi connectivity index (χ4v) is 5.99. The van der Waals surface area contributed by atoms with Gasteiger partial charge in [-0.05, 0) is 50.0 Å². The van der Waals surface area contributed by atoms with Crippen LogP contribution in [0.1, 0.15) is 17.5 Å². The summed E-state index contributed by atoms with van der Waals surface area (Å²) >= 11 is 0. The van der Waals surface area contributed by atoms with Gasteiger partial charge in [0.2, 0.25) is 11.7 Å². The minimum atomic E-state index is -2.68. The molecular formula is C25H25N5O7. The molecule has 0 saturated heterocycles. The van der Waals surface area contributed by atoms with Crippen molar-refractivity contribution in [2.75, 3.05) is 19.8 Å². The predicted molar refractivity (Wildman–Crippen MR) is 130 cm³/mol. The number of anilines is 1. The number of carbonyl (C=O) groups is 3. The van der Waals surface area contributed by atoms with Crippen molar-refractivity contribution in [3.05, 3.63) is 52.6 Å². The van der Waals surface area contributed by atoms with Crippen LogP contribution in [0, 0.1) is 11.8 Å². The van der Waals surface area contributed by atoms with Gasteiger partial charge in [0.25, 0.3) is 5.91 Å². The highest BCUT2D eigenvalue weighted by atomic mass is 16.3. The third-order valence-electron chi connectivity index (χ3n) is 7.59. The lowest BCUT2D eigenvalue weighted by atomic mass is 9.57. The van der Waals surface area contributed by atoms with E-state index >= 15 is 0 Å². The van der Waals surface area contributed by atoms with E-state index in [9.17, 15) is 34.8 Å². The number of aliphatic hydroxyl groups is 3. The molecule has 37 heavy (non-hydrogen) atoms. The second-order valence-electron chi connectivity index (χ2n) is 9.78. The Kier molecular flexibility index (Phi) is 5.35. The van der Waals surface area contributed by atoms with E-state index in [4.69, 9.17) is 11.5 Å². The fraction of sp³-hybridized carbons (Fsp3) is 0.320. The minimum Gasteiger partial charge on any atom is -0.508 e. The van der Waals surface area contributed by atoms with E-state index in [1.165, 1.54) is 23.4 Å². The van der Waals surface area contributed by atoms with Gasteiger partial charge >= 0.3 is 0 Å². The Morgan fingerprint density at radius 3 is 2.38 bits per heavy atom. The van der Waals surface area contributed by atoms with E-state index in [0.717, 1.165) is 0 Å². The van der Waals surface area contributed by atoms with Crippen LogP contribution < -0.4 is 11.5 Å². The summed E-state index contributed by atoms with van der Waals surface area (Å²) in [6.07, 6.45) is 3.14.